The molecule has 4 aromatic rings. The number of nitrogens with zero attached hydrogens (tertiary/aromatic N) is 7. The van der Waals surface area contributed by atoms with Crippen LogP contribution in [0, 0.1) is 17.3 Å². The molecule has 5 rings (SSSR count). The molecule has 0 fully saturated rings. The van der Waals surface area contributed by atoms with E-state index >= 15 is 0 Å². The molecule has 42 heavy (non-hydrogen) atoms. The molecule has 0 aliphatic heterocycles. The zero-order valence-electron chi connectivity index (χ0n) is 23.6. The first-order chi connectivity index (χ1) is 20.0. The SMILES string of the molecule is C=CCP.CC.CC1CCc2cnc3cc(F)nn3c21.Cn1cccn1.N#Cc1cc(NC=O)cnc1OC(F)(F)F. The smallest absolute Gasteiger partial charge is 0.386 e. The highest BCUT2D eigenvalue weighted by molar-refractivity contribution is 7.16. The highest BCUT2D eigenvalue weighted by Gasteiger charge is 2.33. The van der Waals surface area contributed by atoms with Crippen LogP contribution in [0.2, 0.25) is 0 Å². The molecule has 15 heteroatoms. The van der Waals surface area contributed by atoms with Gasteiger partial charge >= 0.3 is 6.36 Å². The summed E-state index contributed by atoms with van der Waals surface area (Å²) in [5, 5.41) is 18.4. The van der Waals surface area contributed by atoms with E-state index in [0.29, 0.717) is 18.0 Å². The van der Waals surface area contributed by atoms with Gasteiger partial charge in [0.2, 0.25) is 18.2 Å². The average Bonchev–Trinajstić information content (AvgIpc) is 3.70. The van der Waals surface area contributed by atoms with Gasteiger partial charge in [-0.05, 0) is 42.6 Å². The molecule has 2 atom stereocenters. The Labute approximate surface area is 243 Å². The van der Waals surface area contributed by atoms with E-state index in [4.69, 9.17) is 5.26 Å². The van der Waals surface area contributed by atoms with Gasteiger partial charge in [0, 0.05) is 31.7 Å². The molecule has 4 aromatic heterocycles. The second-order valence-corrected chi connectivity index (χ2v) is 8.52. The van der Waals surface area contributed by atoms with Crippen molar-refractivity contribution in [3.8, 4) is 11.9 Å². The molecule has 2 unspecified atom stereocenters. The van der Waals surface area contributed by atoms with Crippen LogP contribution in [-0.2, 0) is 18.3 Å². The number of ether oxygens (including phenoxy) is 1. The molecule has 1 aliphatic rings. The third-order valence-corrected chi connectivity index (χ3v) is 5.43. The van der Waals surface area contributed by atoms with E-state index < -0.39 is 23.8 Å². The number of amides is 1. The number of aromatic nitrogens is 6. The van der Waals surface area contributed by atoms with E-state index in [1.54, 1.807) is 15.4 Å². The van der Waals surface area contributed by atoms with Crippen LogP contribution in [0.1, 0.15) is 49.9 Å². The fourth-order valence-corrected chi connectivity index (χ4v) is 3.40. The summed E-state index contributed by atoms with van der Waals surface area (Å²) in [5.74, 6) is -0.855. The van der Waals surface area contributed by atoms with Gasteiger partial charge < -0.3 is 10.1 Å². The minimum absolute atomic E-state index is 0.0982. The third-order valence-electron chi connectivity index (χ3n) is 5.10. The zero-order chi connectivity index (χ0) is 31.7. The number of nitriles is 1. The first-order valence-electron chi connectivity index (χ1n) is 12.7. The quantitative estimate of drug-likeness (QED) is 0.134. The summed E-state index contributed by atoms with van der Waals surface area (Å²) in [5.41, 5.74) is 2.60. The first kappa shape index (κ1) is 35.7. The average molecular weight is 609 g/mol. The third kappa shape index (κ3) is 11.6. The predicted molar refractivity (Wildman–Crippen MR) is 154 cm³/mol. The second kappa shape index (κ2) is 18.1. The minimum Gasteiger partial charge on any atom is -0.386 e. The molecular formula is C27H33F4N8O2P. The minimum atomic E-state index is -4.92. The van der Waals surface area contributed by atoms with Crippen molar-refractivity contribution in [1.29, 1.82) is 5.26 Å². The molecule has 10 nitrogen and oxygen atoms in total. The van der Waals surface area contributed by atoms with Gasteiger partial charge in [0.25, 0.3) is 0 Å². The van der Waals surface area contributed by atoms with Crippen LogP contribution in [0.4, 0.5) is 23.2 Å². The molecule has 1 amide bonds. The molecule has 4 heterocycles. The van der Waals surface area contributed by atoms with Crippen molar-refractivity contribution in [2.45, 2.75) is 45.9 Å². The topological polar surface area (TPSA) is 123 Å². The van der Waals surface area contributed by atoms with Gasteiger partial charge in [-0.2, -0.15) is 14.8 Å². The van der Waals surface area contributed by atoms with Crippen molar-refractivity contribution in [3.05, 3.63) is 78.4 Å². The summed E-state index contributed by atoms with van der Waals surface area (Å²) in [4.78, 5) is 17.5. The van der Waals surface area contributed by atoms with E-state index in [1.165, 1.54) is 17.7 Å². The Bertz CT molecular complexity index is 1440. The van der Waals surface area contributed by atoms with Crippen LogP contribution in [0.15, 0.2) is 55.6 Å². The number of carbonyl (C=O) groups is 1. The van der Waals surface area contributed by atoms with Crippen molar-refractivity contribution in [2.24, 2.45) is 7.05 Å². The second-order valence-electron chi connectivity index (χ2n) is 8.05. The fraction of sp³-hybridized carbons (Fsp3) is 0.333. The standard InChI is InChI=1S/C10H10FN3.C8H4F3N3O2.C4H6N2.C3H7P.C2H6/c1-6-2-3-7-5-12-9-4-8(11)13-14(9)10(6)7;9-8(10,11)16-7-5(2-12)1-6(3-13-7)14-4-15;1-6-4-2-3-5-6;1-2-3-4;1-2/h4-6H,2-3H2,1H3;1,3-4H,(H,14,15);2-4H,1H3;2H,1,3-4H2;1-2H3. The summed E-state index contributed by atoms with van der Waals surface area (Å²) >= 11 is 0. The Morgan fingerprint density at radius 3 is 2.48 bits per heavy atom. The lowest BCUT2D eigenvalue weighted by atomic mass is 10.1. The Balaban J connectivity index is 0.000000306. The van der Waals surface area contributed by atoms with Gasteiger partial charge in [-0.25, -0.2) is 14.5 Å². The Morgan fingerprint density at radius 1 is 1.29 bits per heavy atom. The van der Waals surface area contributed by atoms with Crippen LogP contribution in [0.5, 0.6) is 5.88 Å². The highest BCUT2D eigenvalue weighted by atomic mass is 31.0. The predicted octanol–water partition coefficient (Wildman–Crippen LogP) is 5.83. The van der Waals surface area contributed by atoms with Crippen molar-refractivity contribution in [2.75, 3.05) is 11.5 Å². The number of allylic oxidation sites excluding steroid dienone is 1. The van der Waals surface area contributed by atoms with Crippen molar-refractivity contribution in [3.63, 3.8) is 0 Å². The fourth-order valence-electron chi connectivity index (χ4n) is 3.40. The maximum Gasteiger partial charge on any atom is 0.574 e. The van der Waals surface area contributed by atoms with Crippen LogP contribution in [-0.4, -0.2) is 48.3 Å². The van der Waals surface area contributed by atoms with Crippen LogP contribution < -0.4 is 10.1 Å². The summed E-state index contributed by atoms with van der Waals surface area (Å²) in [6.45, 7) is 9.60. The van der Waals surface area contributed by atoms with Gasteiger partial charge in [0.05, 0.1) is 17.6 Å². The molecule has 1 aliphatic carbocycles. The normalized spacial score (nSPS) is 12.7. The van der Waals surface area contributed by atoms with Gasteiger partial charge in [-0.15, -0.1) is 34.1 Å². The summed E-state index contributed by atoms with van der Waals surface area (Å²) in [6, 6.07) is 5.75. The maximum absolute atomic E-state index is 12.9. The number of halogens is 4. The van der Waals surface area contributed by atoms with Crippen molar-refractivity contribution in [1.82, 2.24) is 29.4 Å². The summed E-state index contributed by atoms with van der Waals surface area (Å²) in [6.07, 6.45) is 6.79. The Morgan fingerprint density at radius 2 is 1.98 bits per heavy atom. The number of aryl methyl sites for hydroxylation is 2. The van der Waals surface area contributed by atoms with Gasteiger partial charge in [-0.3, -0.25) is 9.48 Å². The van der Waals surface area contributed by atoms with E-state index in [0.717, 1.165) is 37.0 Å². The van der Waals surface area contributed by atoms with Gasteiger partial charge in [0.1, 0.15) is 11.6 Å². The monoisotopic (exact) mass is 608 g/mol. The number of fused-ring (bicyclic) bond motifs is 3. The number of anilines is 1. The number of hydrogen-bond acceptors (Lipinski definition) is 7. The highest BCUT2D eigenvalue weighted by Crippen LogP contribution is 2.32. The van der Waals surface area contributed by atoms with Crippen molar-refractivity contribution < 1.29 is 27.1 Å². The molecule has 0 radical (unpaired) electrons. The lowest BCUT2D eigenvalue weighted by Gasteiger charge is -2.09. The zero-order valence-corrected chi connectivity index (χ0v) is 24.8. The van der Waals surface area contributed by atoms with E-state index in [1.807, 2.05) is 45.4 Å². The lowest BCUT2D eigenvalue weighted by molar-refractivity contribution is -0.276. The molecule has 0 saturated heterocycles. The van der Waals surface area contributed by atoms with Gasteiger partial charge in [0.15, 0.2) is 5.65 Å². The molecule has 0 aromatic carbocycles. The summed E-state index contributed by atoms with van der Waals surface area (Å²) < 4.78 is 55.4. The number of rotatable bonds is 4. The molecular weight excluding hydrogens is 575 g/mol. The molecule has 1 N–H and O–H groups in total. The number of nitrogens with one attached hydrogen (secondary N) is 1. The molecule has 226 valence electrons. The molecule has 0 saturated carbocycles. The van der Waals surface area contributed by atoms with Gasteiger partial charge in [-0.1, -0.05) is 26.8 Å². The Hall–Kier alpha value is -4.37. The van der Waals surface area contributed by atoms with Crippen LogP contribution in [0.3, 0.4) is 0 Å². The number of alkyl halides is 3. The lowest BCUT2D eigenvalue weighted by Crippen LogP contribution is -2.18. The number of carbonyl (C=O) groups excluding carboxylic acids is 1. The van der Waals surface area contributed by atoms with Crippen LogP contribution >= 0.6 is 9.24 Å². The van der Waals surface area contributed by atoms with E-state index in [2.05, 4.69) is 53.0 Å². The Kier molecular flexibility index (Phi) is 15.4. The largest absolute Gasteiger partial charge is 0.574 e. The number of hydrogen-bond donors (Lipinski definition) is 1. The first-order valence-corrected chi connectivity index (χ1v) is 13.5. The van der Waals surface area contributed by atoms with E-state index in [9.17, 15) is 22.4 Å². The maximum atomic E-state index is 12.9. The number of pyridine rings is 1. The van der Waals surface area contributed by atoms with Crippen LogP contribution in [0.25, 0.3) is 5.65 Å². The molecule has 0 bridgehead atoms. The van der Waals surface area contributed by atoms with Crippen molar-refractivity contribution >= 4 is 27.0 Å². The molecule has 0 spiro atoms. The van der Waals surface area contributed by atoms with E-state index in [-0.39, 0.29) is 5.69 Å². The summed E-state index contributed by atoms with van der Waals surface area (Å²) in [7, 11) is 4.43.